The van der Waals surface area contributed by atoms with E-state index in [-0.39, 0.29) is 27.7 Å². The zero-order valence-corrected chi connectivity index (χ0v) is 13.8. The molecule has 0 aliphatic heterocycles. The summed E-state index contributed by atoms with van der Waals surface area (Å²) in [6.45, 7) is 1.31. The van der Waals surface area contributed by atoms with Crippen LogP contribution in [0.15, 0.2) is 47.4 Å². The van der Waals surface area contributed by atoms with Gasteiger partial charge in [-0.25, -0.2) is 4.39 Å². The second-order valence-electron chi connectivity index (χ2n) is 5.12. The molecule has 2 aromatic rings. The van der Waals surface area contributed by atoms with E-state index >= 15 is 0 Å². The lowest BCUT2D eigenvalue weighted by Crippen LogP contribution is -2.15. The first-order valence-corrected chi connectivity index (χ1v) is 8.06. The van der Waals surface area contributed by atoms with E-state index in [0.717, 1.165) is 30.0 Å². The van der Waals surface area contributed by atoms with Gasteiger partial charge in [0, 0.05) is 16.1 Å². The van der Waals surface area contributed by atoms with E-state index in [9.17, 15) is 27.2 Å². The fraction of sp³-hybridized carbons (Fsp3) is 0.176. The Labute approximate surface area is 145 Å². The number of ketones is 1. The van der Waals surface area contributed by atoms with E-state index in [0.29, 0.717) is 0 Å². The number of amides is 1. The Morgan fingerprint density at radius 1 is 1.12 bits per heavy atom. The smallest absolute Gasteiger partial charge is 0.325 e. The Bertz CT molecular complexity index is 805. The third-order valence-corrected chi connectivity index (χ3v) is 4.22. The molecule has 0 aliphatic rings. The van der Waals surface area contributed by atoms with Crippen molar-refractivity contribution in [3.63, 3.8) is 0 Å². The molecule has 132 valence electrons. The van der Waals surface area contributed by atoms with E-state index < -0.39 is 23.5 Å². The van der Waals surface area contributed by atoms with E-state index in [1.165, 1.54) is 31.2 Å². The van der Waals surface area contributed by atoms with Gasteiger partial charge in [-0.3, -0.25) is 9.59 Å². The molecular formula is C17H13F4NO2S. The molecule has 0 saturated carbocycles. The molecule has 0 aromatic heterocycles. The average molecular weight is 371 g/mol. The largest absolute Gasteiger partial charge is 0.416 e. The molecular weight excluding hydrogens is 358 g/mol. The summed E-state index contributed by atoms with van der Waals surface area (Å²) in [6.07, 6.45) is -4.50. The zero-order chi connectivity index (χ0) is 18.6. The number of alkyl halides is 3. The molecule has 0 atom stereocenters. The summed E-state index contributed by atoms with van der Waals surface area (Å²) < 4.78 is 51.7. The normalized spacial score (nSPS) is 11.2. The van der Waals surface area contributed by atoms with Gasteiger partial charge in [-0.15, -0.1) is 11.8 Å². The van der Waals surface area contributed by atoms with Crippen molar-refractivity contribution in [2.75, 3.05) is 11.1 Å². The summed E-state index contributed by atoms with van der Waals surface area (Å²) in [6, 6.07) is 8.15. The number of hydrogen-bond donors (Lipinski definition) is 1. The summed E-state index contributed by atoms with van der Waals surface area (Å²) in [7, 11) is 0. The highest BCUT2D eigenvalue weighted by Crippen LogP contribution is 2.30. The number of carbonyl (C=O) groups excluding carboxylic acids is 2. The third kappa shape index (κ3) is 5.32. The minimum absolute atomic E-state index is 0.00724. The molecule has 0 spiro atoms. The van der Waals surface area contributed by atoms with Crippen molar-refractivity contribution in [2.45, 2.75) is 18.0 Å². The molecule has 2 rings (SSSR count). The molecule has 1 N–H and O–H groups in total. The van der Waals surface area contributed by atoms with Crippen LogP contribution in [0.3, 0.4) is 0 Å². The molecule has 2 aromatic carbocycles. The standard InChI is InChI=1S/C17H13F4NO2S/c1-10(23)11-5-6-15(14(18)7-11)25-9-16(24)22-13-4-2-3-12(8-13)17(19,20)21/h2-8H,9H2,1H3,(H,22,24). The highest BCUT2D eigenvalue weighted by atomic mass is 32.2. The SMILES string of the molecule is CC(=O)c1ccc(SCC(=O)Nc2cccc(C(F)(F)F)c2)c(F)c1. The number of rotatable bonds is 5. The van der Waals surface area contributed by atoms with Gasteiger partial charge in [0.25, 0.3) is 0 Å². The van der Waals surface area contributed by atoms with E-state index in [2.05, 4.69) is 5.32 Å². The third-order valence-electron chi connectivity index (χ3n) is 3.17. The lowest BCUT2D eigenvalue weighted by molar-refractivity contribution is -0.137. The molecule has 0 heterocycles. The first kappa shape index (κ1) is 19.0. The van der Waals surface area contributed by atoms with Crippen LogP contribution in [-0.4, -0.2) is 17.4 Å². The van der Waals surface area contributed by atoms with Crippen molar-refractivity contribution in [3.8, 4) is 0 Å². The van der Waals surface area contributed by atoms with Crippen LogP contribution in [0, 0.1) is 5.82 Å². The van der Waals surface area contributed by atoms with E-state index in [1.54, 1.807) is 0 Å². The van der Waals surface area contributed by atoms with Gasteiger partial charge in [-0.1, -0.05) is 12.1 Å². The summed E-state index contributed by atoms with van der Waals surface area (Å²) in [5.74, 6) is -1.67. The van der Waals surface area contributed by atoms with Crippen LogP contribution in [0.2, 0.25) is 0 Å². The molecule has 0 saturated heterocycles. The predicted molar refractivity (Wildman–Crippen MR) is 87.2 cm³/mol. The predicted octanol–water partition coefficient (Wildman–Crippen LogP) is 4.78. The minimum atomic E-state index is -4.50. The number of thioether (sulfide) groups is 1. The van der Waals surface area contributed by atoms with Crippen molar-refractivity contribution < 1.29 is 27.2 Å². The number of Topliss-reactive ketones (excluding diaryl/α,β-unsaturated/α-hetero) is 1. The molecule has 8 heteroatoms. The minimum Gasteiger partial charge on any atom is -0.325 e. The number of carbonyl (C=O) groups is 2. The first-order chi connectivity index (χ1) is 11.7. The van der Waals surface area contributed by atoms with Gasteiger partial charge >= 0.3 is 6.18 Å². The summed E-state index contributed by atoms with van der Waals surface area (Å²) >= 11 is 0.884. The van der Waals surface area contributed by atoms with Crippen molar-refractivity contribution in [2.24, 2.45) is 0 Å². The summed E-state index contributed by atoms with van der Waals surface area (Å²) in [5.41, 5.74) is -0.646. The van der Waals surface area contributed by atoms with Gasteiger partial charge in [-0.2, -0.15) is 13.2 Å². The Balaban J connectivity index is 1.99. The fourth-order valence-corrected chi connectivity index (χ4v) is 2.67. The van der Waals surface area contributed by atoms with Gasteiger partial charge in [0.05, 0.1) is 11.3 Å². The Hall–Kier alpha value is -2.35. The monoisotopic (exact) mass is 371 g/mol. The van der Waals surface area contributed by atoms with Gasteiger partial charge in [0.2, 0.25) is 5.91 Å². The highest BCUT2D eigenvalue weighted by Gasteiger charge is 2.30. The Morgan fingerprint density at radius 2 is 1.84 bits per heavy atom. The quantitative estimate of drug-likeness (QED) is 0.468. The maximum absolute atomic E-state index is 13.8. The molecule has 0 bridgehead atoms. The fourth-order valence-electron chi connectivity index (χ4n) is 1.95. The van der Waals surface area contributed by atoms with Gasteiger partial charge in [0.1, 0.15) is 5.82 Å². The molecule has 0 aliphatic carbocycles. The second-order valence-corrected chi connectivity index (χ2v) is 6.13. The van der Waals surface area contributed by atoms with Crippen LogP contribution in [0.25, 0.3) is 0 Å². The van der Waals surface area contributed by atoms with Crippen LogP contribution in [-0.2, 0) is 11.0 Å². The van der Waals surface area contributed by atoms with Crippen molar-refractivity contribution in [3.05, 3.63) is 59.4 Å². The lowest BCUT2D eigenvalue weighted by Gasteiger charge is -2.10. The maximum atomic E-state index is 13.8. The van der Waals surface area contributed by atoms with Gasteiger partial charge in [0.15, 0.2) is 5.78 Å². The highest BCUT2D eigenvalue weighted by molar-refractivity contribution is 8.00. The van der Waals surface area contributed by atoms with E-state index in [1.807, 2.05) is 0 Å². The number of anilines is 1. The zero-order valence-electron chi connectivity index (χ0n) is 13.0. The summed E-state index contributed by atoms with van der Waals surface area (Å²) in [4.78, 5) is 23.2. The molecule has 0 radical (unpaired) electrons. The molecule has 3 nitrogen and oxygen atoms in total. The van der Waals surface area contributed by atoms with Crippen molar-refractivity contribution in [1.82, 2.24) is 0 Å². The van der Waals surface area contributed by atoms with Crippen LogP contribution < -0.4 is 5.32 Å². The van der Waals surface area contributed by atoms with Crippen molar-refractivity contribution in [1.29, 1.82) is 0 Å². The number of halogens is 4. The lowest BCUT2D eigenvalue weighted by atomic mass is 10.1. The molecule has 0 unspecified atom stereocenters. The van der Waals surface area contributed by atoms with Gasteiger partial charge < -0.3 is 5.32 Å². The topological polar surface area (TPSA) is 46.2 Å². The van der Waals surface area contributed by atoms with Crippen LogP contribution in [0.5, 0.6) is 0 Å². The van der Waals surface area contributed by atoms with E-state index in [4.69, 9.17) is 0 Å². The Kier molecular flexibility index (Phi) is 5.84. The van der Waals surface area contributed by atoms with Crippen LogP contribution >= 0.6 is 11.8 Å². The van der Waals surface area contributed by atoms with Crippen LogP contribution in [0.1, 0.15) is 22.8 Å². The second kappa shape index (κ2) is 7.69. The number of hydrogen-bond acceptors (Lipinski definition) is 3. The number of benzene rings is 2. The molecule has 25 heavy (non-hydrogen) atoms. The molecule has 0 fully saturated rings. The summed E-state index contributed by atoms with van der Waals surface area (Å²) in [5, 5.41) is 2.34. The van der Waals surface area contributed by atoms with Gasteiger partial charge in [-0.05, 0) is 37.3 Å². The van der Waals surface area contributed by atoms with Crippen LogP contribution in [0.4, 0.5) is 23.2 Å². The maximum Gasteiger partial charge on any atom is 0.416 e. The average Bonchev–Trinajstić information content (AvgIpc) is 2.53. The Morgan fingerprint density at radius 3 is 2.44 bits per heavy atom. The van der Waals surface area contributed by atoms with Crippen molar-refractivity contribution >= 4 is 29.1 Å². The number of nitrogens with one attached hydrogen (secondary N) is 1. The molecule has 1 amide bonds. The first-order valence-electron chi connectivity index (χ1n) is 7.07.